The number of piperidine rings is 1. The van der Waals surface area contributed by atoms with Crippen LogP contribution in [0.5, 0.6) is 0 Å². The van der Waals surface area contributed by atoms with Crippen molar-refractivity contribution in [3.63, 3.8) is 0 Å². The van der Waals surface area contributed by atoms with Crippen molar-refractivity contribution in [2.45, 2.75) is 56.8 Å². The average molecular weight is 284 g/mol. The molecule has 0 radical (unpaired) electrons. The van der Waals surface area contributed by atoms with E-state index in [9.17, 15) is 0 Å². The summed E-state index contributed by atoms with van der Waals surface area (Å²) in [6.07, 6.45) is 8.97. The Morgan fingerprint density at radius 2 is 1.89 bits per heavy atom. The van der Waals surface area contributed by atoms with Crippen LogP contribution in [0.1, 0.15) is 68.5 Å². The second-order valence-corrected chi connectivity index (χ2v) is 6.34. The molecule has 0 aromatic carbocycles. The number of hydrogen-bond donors (Lipinski definition) is 1. The van der Waals surface area contributed by atoms with Gasteiger partial charge in [-0.25, -0.2) is 0 Å². The monoisotopic (exact) mass is 283 g/mol. The Bertz CT molecular complexity index is 436. The van der Waals surface area contributed by atoms with Crippen LogP contribution < -0.4 is 5.32 Å². The van der Waals surface area contributed by atoms with E-state index in [4.69, 9.17) is 9.51 Å². The maximum absolute atomic E-state index is 5.55. The molecule has 5 heteroatoms. The summed E-state index contributed by atoms with van der Waals surface area (Å²) in [5.41, 5.74) is 0.505. The van der Waals surface area contributed by atoms with Gasteiger partial charge >= 0.3 is 0 Å². The van der Waals surface area contributed by atoms with Crippen molar-refractivity contribution in [1.82, 2.24) is 15.5 Å². The summed E-state index contributed by atoms with van der Waals surface area (Å²) in [5, 5.41) is 7.67. The van der Waals surface area contributed by atoms with Crippen molar-refractivity contribution in [1.29, 1.82) is 0 Å². The molecule has 1 spiro atoms. The van der Waals surface area contributed by atoms with E-state index in [0.717, 1.165) is 24.8 Å². The van der Waals surface area contributed by atoms with Gasteiger partial charge in [-0.15, -0.1) is 12.4 Å². The molecule has 2 heterocycles. The highest BCUT2D eigenvalue weighted by atomic mass is 35.5. The van der Waals surface area contributed by atoms with Gasteiger partial charge in [0.2, 0.25) is 5.89 Å². The Labute approximate surface area is 120 Å². The van der Waals surface area contributed by atoms with E-state index in [0.29, 0.717) is 17.3 Å². The van der Waals surface area contributed by atoms with Gasteiger partial charge in [-0.05, 0) is 50.6 Å². The van der Waals surface area contributed by atoms with Gasteiger partial charge in [-0.3, -0.25) is 0 Å². The Morgan fingerprint density at radius 1 is 1.16 bits per heavy atom. The molecule has 4 rings (SSSR count). The molecular formula is C14H22ClN3O. The fraction of sp³-hybridized carbons (Fsp3) is 0.857. The fourth-order valence-electron chi connectivity index (χ4n) is 3.91. The number of aromatic nitrogens is 2. The van der Waals surface area contributed by atoms with E-state index < -0.39 is 0 Å². The van der Waals surface area contributed by atoms with Crippen molar-refractivity contribution in [2.24, 2.45) is 5.41 Å². The second-order valence-electron chi connectivity index (χ2n) is 6.34. The third-order valence-electron chi connectivity index (χ3n) is 5.26. The number of nitrogens with one attached hydrogen (secondary N) is 1. The van der Waals surface area contributed by atoms with Crippen LogP contribution in [0, 0.1) is 5.41 Å². The van der Waals surface area contributed by atoms with Crippen molar-refractivity contribution in [2.75, 3.05) is 13.1 Å². The zero-order valence-electron chi connectivity index (χ0n) is 11.2. The SMILES string of the molecule is C1CCC(c2noc(C3CC34CCNCC4)n2)C1.Cl. The minimum Gasteiger partial charge on any atom is -0.339 e. The smallest absolute Gasteiger partial charge is 0.230 e. The predicted molar refractivity (Wildman–Crippen MR) is 74.6 cm³/mol. The van der Waals surface area contributed by atoms with Gasteiger partial charge in [0.25, 0.3) is 0 Å². The average Bonchev–Trinajstić information content (AvgIpc) is 2.86. The Kier molecular flexibility index (Phi) is 3.56. The molecule has 1 aliphatic heterocycles. The lowest BCUT2D eigenvalue weighted by Gasteiger charge is -2.22. The van der Waals surface area contributed by atoms with E-state index in [1.807, 2.05) is 0 Å². The summed E-state index contributed by atoms with van der Waals surface area (Å²) in [6, 6.07) is 0. The first kappa shape index (κ1) is 13.4. The summed E-state index contributed by atoms with van der Waals surface area (Å²) >= 11 is 0. The van der Waals surface area contributed by atoms with E-state index >= 15 is 0 Å². The van der Waals surface area contributed by atoms with Crippen LogP contribution in [-0.4, -0.2) is 23.2 Å². The molecular weight excluding hydrogens is 262 g/mol. The Hall–Kier alpha value is -0.610. The zero-order valence-corrected chi connectivity index (χ0v) is 12.0. The molecule has 3 aliphatic rings. The largest absolute Gasteiger partial charge is 0.339 e. The van der Waals surface area contributed by atoms with Crippen molar-refractivity contribution >= 4 is 12.4 Å². The van der Waals surface area contributed by atoms with Crippen molar-refractivity contribution in [3.05, 3.63) is 11.7 Å². The van der Waals surface area contributed by atoms with Crippen LogP contribution >= 0.6 is 12.4 Å². The van der Waals surface area contributed by atoms with E-state index in [-0.39, 0.29) is 12.4 Å². The third kappa shape index (κ3) is 2.29. The maximum atomic E-state index is 5.55. The molecule has 1 aromatic rings. The van der Waals surface area contributed by atoms with Crippen LogP contribution in [0.15, 0.2) is 4.52 Å². The van der Waals surface area contributed by atoms with Crippen LogP contribution in [0.3, 0.4) is 0 Å². The maximum Gasteiger partial charge on any atom is 0.230 e. The number of rotatable bonds is 2. The molecule has 1 unspecified atom stereocenters. The van der Waals surface area contributed by atoms with Gasteiger partial charge in [0.05, 0.1) is 0 Å². The molecule has 2 aliphatic carbocycles. The highest BCUT2D eigenvalue weighted by Crippen LogP contribution is 2.63. The van der Waals surface area contributed by atoms with Crippen molar-refractivity contribution in [3.8, 4) is 0 Å². The molecule has 1 N–H and O–H groups in total. The standard InChI is InChI=1S/C14H21N3O.ClH/c1-2-4-10(3-1)12-16-13(18-17-12)11-9-14(11)5-7-15-8-6-14;/h10-11,15H,1-9H2;1H. The van der Waals surface area contributed by atoms with E-state index in [1.54, 1.807) is 0 Å². The molecule has 1 saturated heterocycles. The molecule has 0 amide bonds. The van der Waals surface area contributed by atoms with Gasteiger partial charge < -0.3 is 9.84 Å². The predicted octanol–water partition coefficient (Wildman–Crippen LogP) is 3.01. The topological polar surface area (TPSA) is 51.0 Å². The molecule has 106 valence electrons. The van der Waals surface area contributed by atoms with E-state index in [2.05, 4.69) is 10.5 Å². The van der Waals surface area contributed by atoms with E-state index in [1.165, 1.54) is 44.9 Å². The third-order valence-corrected chi connectivity index (χ3v) is 5.26. The lowest BCUT2D eigenvalue weighted by Crippen LogP contribution is -2.29. The minimum atomic E-state index is 0. The normalized spacial score (nSPS) is 29.4. The van der Waals surface area contributed by atoms with Crippen LogP contribution in [0.25, 0.3) is 0 Å². The summed E-state index contributed by atoms with van der Waals surface area (Å²) < 4.78 is 5.55. The molecule has 3 fully saturated rings. The highest BCUT2D eigenvalue weighted by Gasteiger charge is 2.57. The number of hydrogen-bond acceptors (Lipinski definition) is 4. The van der Waals surface area contributed by atoms with Gasteiger partial charge in [0.1, 0.15) is 0 Å². The molecule has 1 atom stereocenters. The van der Waals surface area contributed by atoms with Crippen LogP contribution in [0.4, 0.5) is 0 Å². The summed E-state index contributed by atoms with van der Waals surface area (Å²) in [6.45, 7) is 2.31. The minimum absolute atomic E-state index is 0. The quantitative estimate of drug-likeness (QED) is 0.906. The summed E-state index contributed by atoms with van der Waals surface area (Å²) in [5.74, 6) is 3.05. The van der Waals surface area contributed by atoms with Crippen LogP contribution in [-0.2, 0) is 0 Å². The highest BCUT2D eigenvalue weighted by molar-refractivity contribution is 5.85. The molecule has 1 aromatic heterocycles. The molecule has 2 saturated carbocycles. The van der Waals surface area contributed by atoms with Gasteiger partial charge in [-0.2, -0.15) is 4.98 Å². The summed E-state index contributed by atoms with van der Waals surface area (Å²) in [4.78, 5) is 4.71. The lowest BCUT2D eigenvalue weighted by molar-refractivity contribution is 0.309. The van der Waals surface area contributed by atoms with Crippen LogP contribution in [0.2, 0.25) is 0 Å². The second kappa shape index (κ2) is 5.06. The van der Waals surface area contributed by atoms with Gasteiger partial charge in [0.15, 0.2) is 5.82 Å². The first-order valence-electron chi connectivity index (χ1n) is 7.42. The lowest BCUT2D eigenvalue weighted by atomic mass is 9.92. The molecule has 4 nitrogen and oxygen atoms in total. The zero-order chi connectivity index (χ0) is 12.0. The van der Waals surface area contributed by atoms with Crippen molar-refractivity contribution < 1.29 is 4.52 Å². The molecule has 0 bridgehead atoms. The number of halogens is 1. The number of nitrogens with zero attached hydrogens (tertiary/aromatic N) is 2. The fourth-order valence-corrected chi connectivity index (χ4v) is 3.91. The van der Waals surface area contributed by atoms with Gasteiger partial charge in [0, 0.05) is 11.8 Å². The Balaban J connectivity index is 0.00000110. The van der Waals surface area contributed by atoms with Gasteiger partial charge in [-0.1, -0.05) is 18.0 Å². The first-order valence-corrected chi connectivity index (χ1v) is 7.42. The Morgan fingerprint density at radius 3 is 2.63 bits per heavy atom. The molecule has 19 heavy (non-hydrogen) atoms. The summed E-state index contributed by atoms with van der Waals surface area (Å²) in [7, 11) is 0. The first-order chi connectivity index (χ1) is 8.87.